The smallest absolute Gasteiger partial charge is 0.252 e. The molecular formula is C11H18N2O2. The van der Waals surface area contributed by atoms with E-state index >= 15 is 0 Å². The summed E-state index contributed by atoms with van der Waals surface area (Å²) in [4.78, 5) is 10.5. The van der Waals surface area contributed by atoms with Crippen molar-refractivity contribution in [1.29, 1.82) is 0 Å². The summed E-state index contributed by atoms with van der Waals surface area (Å²) >= 11 is 0. The van der Waals surface area contributed by atoms with Crippen molar-refractivity contribution >= 4 is 5.91 Å². The van der Waals surface area contributed by atoms with Gasteiger partial charge in [0.1, 0.15) is 5.75 Å². The SMILES string of the molecule is CCNCC.NC(=O)c1ccccc1O. The number of benzene rings is 1. The molecule has 0 atom stereocenters. The first-order valence-electron chi connectivity index (χ1n) is 4.92. The summed E-state index contributed by atoms with van der Waals surface area (Å²) in [7, 11) is 0. The lowest BCUT2D eigenvalue weighted by Crippen LogP contribution is -2.10. The van der Waals surface area contributed by atoms with Gasteiger partial charge in [0.25, 0.3) is 5.91 Å². The number of nitrogens with one attached hydrogen (secondary N) is 1. The van der Waals surface area contributed by atoms with E-state index in [9.17, 15) is 4.79 Å². The number of hydrogen-bond acceptors (Lipinski definition) is 3. The van der Waals surface area contributed by atoms with Crippen molar-refractivity contribution in [3.8, 4) is 5.75 Å². The molecule has 15 heavy (non-hydrogen) atoms. The number of hydrogen-bond donors (Lipinski definition) is 3. The van der Waals surface area contributed by atoms with E-state index in [-0.39, 0.29) is 11.3 Å². The molecular weight excluding hydrogens is 192 g/mol. The maximum absolute atomic E-state index is 10.5. The number of para-hydroxylation sites is 1. The van der Waals surface area contributed by atoms with Crippen molar-refractivity contribution in [1.82, 2.24) is 5.32 Å². The monoisotopic (exact) mass is 210 g/mol. The Bertz CT molecular complexity index is 298. The number of phenols is 1. The Morgan fingerprint density at radius 3 is 2.13 bits per heavy atom. The summed E-state index contributed by atoms with van der Waals surface area (Å²) < 4.78 is 0. The third-order valence-corrected chi connectivity index (χ3v) is 1.67. The third kappa shape index (κ3) is 5.70. The highest BCUT2D eigenvalue weighted by atomic mass is 16.3. The van der Waals surface area contributed by atoms with Crippen LogP contribution in [0.3, 0.4) is 0 Å². The number of aromatic hydroxyl groups is 1. The van der Waals surface area contributed by atoms with E-state index < -0.39 is 5.91 Å². The van der Waals surface area contributed by atoms with E-state index in [0.29, 0.717) is 0 Å². The first kappa shape index (κ1) is 13.4. The van der Waals surface area contributed by atoms with Gasteiger partial charge in [-0.3, -0.25) is 4.79 Å². The van der Waals surface area contributed by atoms with Crippen LogP contribution in [0, 0.1) is 0 Å². The fourth-order valence-electron chi connectivity index (χ4n) is 0.932. The standard InChI is InChI=1S/C7H7NO2.C4H11N/c8-7(10)5-3-1-2-4-6(5)9;1-3-5-4-2/h1-4,9H,(H2,8,10);5H,3-4H2,1-2H3. The van der Waals surface area contributed by atoms with Crippen LogP contribution in [0.5, 0.6) is 5.75 Å². The summed E-state index contributed by atoms with van der Waals surface area (Å²) in [6.45, 7) is 6.39. The van der Waals surface area contributed by atoms with Crippen molar-refractivity contribution in [3.05, 3.63) is 29.8 Å². The highest BCUT2D eigenvalue weighted by molar-refractivity contribution is 5.95. The minimum absolute atomic E-state index is 0.0741. The molecule has 1 aromatic rings. The van der Waals surface area contributed by atoms with Crippen LogP contribution in [0.4, 0.5) is 0 Å². The van der Waals surface area contributed by atoms with Crippen molar-refractivity contribution < 1.29 is 9.90 Å². The Balaban J connectivity index is 0.000000336. The van der Waals surface area contributed by atoms with E-state index in [1.54, 1.807) is 12.1 Å². The van der Waals surface area contributed by atoms with Crippen LogP contribution in [-0.4, -0.2) is 24.1 Å². The number of amides is 1. The van der Waals surface area contributed by atoms with Gasteiger partial charge in [-0.1, -0.05) is 26.0 Å². The lowest BCUT2D eigenvalue weighted by molar-refractivity contribution is 0.0998. The molecule has 1 rings (SSSR count). The van der Waals surface area contributed by atoms with Crippen LogP contribution >= 0.6 is 0 Å². The molecule has 1 aromatic carbocycles. The molecule has 4 heteroatoms. The molecule has 0 fully saturated rings. The van der Waals surface area contributed by atoms with Gasteiger partial charge in [0, 0.05) is 0 Å². The normalized spacial score (nSPS) is 8.93. The zero-order valence-electron chi connectivity index (χ0n) is 9.16. The van der Waals surface area contributed by atoms with Crippen LogP contribution < -0.4 is 11.1 Å². The van der Waals surface area contributed by atoms with Crippen LogP contribution in [-0.2, 0) is 0 Å². The molecule has 0 saturated carbocycles. The predicted molar refractivity (Wildman–Crippen MR) is 60.8 cm³/mol. The molecule has 0 heterocycles. The number of primary amides is 1. The van der Waals surface area contributed by atoms with Gasteiger partial charge in [0.2, 0.25) is 0 Å². The third-order valence-electron chi connectivity index (χ3n) is 1.67. The Labute approximate surface area is 90.1 Å². The zero-order valence-corrected chi connectivity index (χ0v) is 9.16. The fourth-order valence-corrected chi connectivity index (χ4v) is 0.932. The van der Waals surface area contributed by atoms with Gasteiger partial charge in [-0.05, 0) is 25.2 Å². The molecule has 84 valence electrons. The van der Waals surface area contributed by atoms with Crippen molar-refractivity contribution in [2.45, 2.75) is 13.8 Å². The van der Waals surface area contributed by atoms with Gasteiger partial charge in [-0.2, -0.15) is 0 Å². The van der Waals surface area contributed by atoms with E-state index in [2.05, 4.69) is 19.2 Å². The molecule has 4 N–H and O–H groups in total. The summed E-state index contributed by atoms with van der Waals surface area (Å²) in [6.07, 6.45) is 0. The summed E-state index contributed by atoms with van der Waals surface area (Å²) in [6, 6.07) is 6.15. The van der Waals surface area contributed by atoms with Gasteiger partial charge < -0.3 is 16.2 Å². The molecule has 0 bridgehead atoms. The minimum atomic E-state index is -0.613. The zero-order chi connectivity index (χ0) is 11.7. The van der Waals surface area contributed by atoms with Crippen molar-refractivity contribution in [2.24, 2.45) is 5.73 Å². The Morgan fingerprint density at radius 2 is 1.87 bits per heavy atom. The quantitative estimate of drug-likeness (QED) is 0.699. The molecule has 0 unspecified atom stereocenters. The van der Waals surface area contributed by atoms with Gasteiger partial charge in [-0.25, -0.2) is 0 Å². The molecule has 1 amide bonds. The molecule has 4 nitrogen and oxygen atoms in total. The van der Waals surface area contributed by atoms with Crippen LogP contribution in [0.2, 0.25) is 0 Å². The lowest BCUT2D eigenvalue weighted by atomic mass is 10.2. The maximum atomic E-state index is 10.5. The van der Waals surface area contributed by atoms with Crippen molar-refractivity contribution in [2.75, 3.05) is 13.1 Å². The highest BCUT2D eigenvalue weighted by Crippen LogP contribution is 2.13. The summed E-state index contributed by atoms with van der Waals surface area (Å²) in [5.41, 5.74) is 5.07. The second kappa shape index (κ2) is 7.82. The van der Waals surface area contributed by atoms with Crippen LogP contribution in [0.25, 0.3) is 0 Å². The van der Waals surface area contributed by atoms with E-state index in [1.165, 1.54) is 12.1 Å². The average Bonchev–Trinajstić information content (AvgIpc) is 2.20. The minimum Gasteiger partial charge on any atom is -0.507 e. The van der Waals surface area contributed by atoms with Crippen LogP contribution in [0.1, 0.15) is 24.2 Å². The number of rotatable bonds is 3. The number of carbonyl (C=O) groups excluding carboxylic acids is 1. The molecule has 0 radical (unpaired) electrons. The van der Waals surface area contributed by atoms with Crippen molar-refractivity contribution in [3.63, 3.8) is 0 Å². The number of nitrogens with two attached hydrogens (primary N) is 1. The Hall–Kier alpha value is -1.55. The molecule has 0 aliphatic rings. The largest absolute Gasteiger partial charge is 0.507 e. The Morgan fingerprint density at radius 1 is 1.33 bits per heavy atom. The molecule has 0 aromatic heterocycles. The lowest BCUT2D eigenvalue weighted by Gasteiger charge is -1.96. The summed E-state index contributed by atoms with van der Waals surface area (Å²) in [5, 5.41) is 12.1. The highest BCUT2D eigenvalue weighted by Gasteiger charge is 2.03. The topological polar surface area (TPSA) is 75.3 Å². The molecule has 0 aliphatic carbocycles. The van der Waals surface area contributed by atoms with Gasteiger partial charge in [0.15, 0.2) is 0 Å². The first-order valence-corrected chi connectivity index (χ1v) is 4.92. The van der Waals surface area contributed by atoms with Gasteiger partial charge >= 0.3 is 0 Å². The molecule has 0 aliphatic heterocycles. The average molecular weight is 210 g/mol. The van der Waals surface area contributed by atoms with Gasteiger partial charge in [0.05, 0.1) is 5.56 Å². The summed E-state index contributed by atoms with van der Waals surface area (Å²) in [5.74, 6) is -0.687. The molecule has 0 spiro atoms. The van der Waals surface area contributed by atoms with E-state index in [1.807, 2.05) is 0 Å². The second-order valence-electron chi connectivity index (χ2n) is 2.84. The Kier molecular flexibility index (Phi) is 7.01. The first-order chi connectivity index (χ1) is 7.13. The van der Waals surface area contributed by atoms with Gasteiger partial charge in [-0.15, -0.1) is 0 Å². The fraction of sp³-hybridized carbons (Fsp3) is 0.364. The van der Waals surface area contributed by atoms with Crippen LogP contribution in [0.15, 0.2) is 24.3 Å². The van der Waals surface area contributed by atoms with E-state index in [0.717, 1.165) is 13.1 Å². The second-order valence-corrected chi connectivity index (χ2v) is 2.84. The number of carbonyl (C=O) groups is 1. The van der Waals surface area contributed by atoms with E-state index in [4.69, 9.17) is 10.8 Å². The maximum Gasteiger partial charge on any atom is 0.252 e. The molecule has 0 saturated heterocycles. The predicted octanol–water partition coefficient (Wildman–Crippen LogP) is 1.11.